The summed E-state index contributed by atoms with van der Waals surface area (Å²) in [6.45, 7) is 5.26. The number of amides is 1. The molecule has 0 aliphatic carbocycles. The molecule has 0 N–H and O–H groups in total. The average Bonchev–Trinajstić information content (AvgIpc) is 2.53. The number of fused-ring (bicyclic) bond motifs is 1. The number of aliphatic imine (C=N–C) groups is 1. The monoisotopic (exact) mass is 362 g/mol. The van der Waals surface area contributed by atoms with Crippen LogP contribution in [-0.4, -0.2) is 33.8 Å². The highest BCUT2D eigenvalue weighted by Crippen LogP contribution is 2.40. The van der Waals surface area contributed by atoms with E-state index in [9.17, 15) is 14.0 Å². The van der Waals surface area contributed by atoms with E-state index in [1.165, 1.54) is 28.8 Å². The largest absolute Gasteiger partial charge is 0.459 e. The Bertz CT molecular complexity index is 771. The summed E-state index contributed by atoms with van der Waals surface area (Å²) in [5, 5.41) is 0.573. The Labute approximate surface area is 149 Å². The highest BCUT2D eigenvalue weighted by Gasteiger charge is 2.41. The minimum absolute atomic E-state index is 0.103. The fourth-order valence-corrected chi connectivity index (χ4v) is 3.90. The van der Waals surface area contributed by atoms with Crippen molar-refractivity contribution in [3.05, 3.63) is 46.9 Å². The third-order valence-electron chi connectivity index (χ3n) is 3.96. The van der Waals surface area contributed by atoms with Gasteiger partial charge in [-0.2, -0.15) is 0 Å². The van der Waals surface area contributed by atoms with E-state index in [1.54, 1.807) is 32.9 Å². The summed E-state index contributed by atoms with van der Waals surface area (Å²) in [7, 11) is 0. The summed E-state index contributed by atoms with van der Waals surface area (Å²) in [4.78, 5) is 31.2. The van der Waals surface area contributed by atoms with Crippen molar-refractivity contribution in [2.75, 3.05) is 5.75 Å². The first-order valence-electron chi connectivity index (χ1n) is 8.09. The predicted molar refractivity (Wildman–Crippen MR) is 94.4 cm³/mol. The number of amidine groups is 1. The second-order valence-corrected chi connectivity index (χ2v) is 7.23. The van der Waals surface area contributed by atoms with Crippen LogP contribution in [0, 0.1) is 5.82 Å². The highest BCUT2D eigenvalue weighted by atomic mass is 32.2. The fourth-order valence-electron chi connectivity index (χ4n) is 2.90. The summed E-state index contributed by atoms with van der Waals surface area (Å²) in [5.74, 6) is -0.328. The van der Waals surface area contributed by atoms with E-state index >= 15 is 0 Å². The van der Waals surface area contributed by atoms with Crippen LogP contribution in [0.5, 0.6) is 0 Å². The van der Waals surface area contributed by atoms with E-state index in [1.807, 2.05) is 0 Å². The number of ether oxygens (including phenoxy) is 1. The van der Waals surface area contributed by atoms with Crippen LogP contribution in [0.3, 0.4) is 0 Å². The zero-order valence-corrected chi connectivity index (χ0v) is 15.1. The molecular formula is C18H19FN2O3S. The zero-order valence-electron chi connectivity index (χ0n) is 14.3. The summed E-state index contributed by atoms with van der Waals surface area (Å²) >= 11 is 1.48. The molecule has 3 rings (SSSR count). The van der Waals surface area contributed by atoms with Crippen LogP contribution in [0.2, 0.25) is 0 Å². The molecule has 1 fully saturated rings. The standard InChI is InChI=1S/C18H19FN2O3S/c1-10(2)24-17(23)15-11(3)20-18-21(14(22)8-9-25-18)16(15)12-4-6-13(19)7-5-12/h4-7,10,16H,8-9H2,1-3H3/t16-/m1/s1. The van der Waals surface area contributed by atoms with Crippen LogP contribution in [0.25, 0.3) is 0 Å². The van der Waals surface area contributed by atoms with Gasteiger partial charge in [-0.05, 0) is 38.5 Å². The number of allylic oxidation sites excluding steroid dienone is 1. The molecule has 0 spiro atoms. The second kappa shape index (κ2) is 7.00. The molecule has 1 atom stereocenters. The number of rotatable bonds is 3. The normalized spacial score (nSPS) is 20.5. The van der Waals surface area contributed by atoms with Gasteiger partial charge in [0.05, 0.1) is 23.4 Å². The number of esters is 1. The van der Waals surface area contributed by atoms with Crippen LogP contribution in [-0.2, 0) is 14.3 Å². The number of halogens is 1. The molecule has 0 unspecified atom stereocenters. The molecule has 2 aliphatic rings. The molecule has 0 saturated carbocycles. The Kier molecular flexibility index (Phi) is 4.94. The Hall–Kier alpha value is -2.15. The first-order valence-corrected chi connectivity index (χ1v) is 9.08. The van der Waals surface area contributed by atoms with Crippen molar-refractivity contribution in [3.8, 4) is 0 Å². The molecule has 5 nitrogen and oxygen atoms in total. The summed E-state index contributed by atoms with van der Waals surface area (Å²) in [6.07, 6.45) is 0.0749. The van der Waals surface area contributed by atoms with Crippen LogP contribution < -0.4 is 0 Å². The number of carbonyl (C=O) groups is 2. The van der Waals surface area contributed by atoms with Gasteiger partial charge in [0.2, 0.25) is 5.91 Å². The first-order chi connectivity index (χ1) is 11.9. The van der Waals surface area contributed by atoms with Gasteiger partial charge in [0.25, 0.3) is 0 Å². The number of benzene rings is 1. The smallest absolute Gasteiger partial charge is 0.338 e. The molecular weight excluding hydrogens is 343 g/mol. The molecule has 132 valence electrons. The minimum atomic E-state index is -0.653. The zero-order chi connectivity index (χ0) is 18.1. The summed E-state index contributed by atoms with van der Waals surface area (Å²) < 4.78 is 18.7. The van der Waals surface area contributed by atoms with Crippen molar-refractivity contribution in [2.45, 2.75) is 39.3 Å². The molecule has 0 radical (unpaired) electrons. The Morgan fingerprint density at radius 3 is 2.68 bits per heavy atom. The third-order valence-corrected chi connectivity index (χ3v) is 4.91. The van der Waals surface area contributed by atoms with E-state index in [4.69, 9.17) is 4.74 Å². The number of thioether (sulfide) groups is 1. The first kappa shape index (κ1) is 17.7. The average molecular weight is 362 g/mol. The quantitative estimate of drug-likeness (QED) is 0.773. The molecule has 1 saturated heterocycles. The number of hydrogen-bond acceptors (Lipinski definition) is 5. The molecule has 0 aromatic heterocycles. The van der Waals surface area contributed by atoms with E-state index in [-0.39, 0.29) is 17.8 Å². The lowest BCUT2D eigenvalue weighted by molar-refractivity contribution is -0.143. The second-order valence-electron chi connectivity index (χ2n) is 6.16. The maximum absolute atomic E-state index is 13.4. The number of carbonyl (C=O) groups excluding carboxylic acids is 2. The Morgan fingerprint density at radius 1 is 1.36 bits per heavy atom. The van der Waals surface area contributed by atoms with Gasteiger partial charge in [-0.1, -0.05) is 23.9 Å². The number of hydrogen-bond donors (Lipinski definition) is 0. The molecule has 7 heteroatoms. The SMILES string of the molecule is CC1=C(C(=O)OC(C)C)[C@@H](c2ccc(F)cc2)N2C(=O)CCSC2=N1. The molecule has 0 bridgehead atoms. The molecule has 25 heavy (non-hydrogen) atoms. The van der Waals surface area contributed by atoms with Crippen LogP contribution >= 0.6 is 11.8 Å². The molecule has 2 heterocycles. The molecule has 2 aliphatic heterocycles. The Balaban J connectivity index is 2.12. The van der Waals surface area contributed by atoms with Gasteiger partial charge in [0.15, 0.2) is 5.17 Å². The Morgan fingerprint density at radius 2 is 2.04 bits per heavy atom. The van der Waals surface area contributed by atoms with Crippen LogP contribution in [0.15, 0.2) is 40.5 Å². The lowest BCUT2D eigenvalue weighted by Gasteiger charge is -2.39. The van der Waals surface area contributed by atoms with Gasteiger partial charge < -0.3 is 4.74 Å². The minimum Gasteiger partial charge on any atom is -0.459 e. The maximum Gasteiger partial charge on any atom is 0.338 e. The molecule has 1 aromatic rings. The molecule has 1 amide bonds. The van der Waals surface area contributed by atoms with E-state index in [0.29, 0.717) is 34.2 Å². The fraction of sp³-hybridized carbons (Fsp3) is 0.389. The van der Waals surface area contributed by atoms with Gasteiger partial charge in [-0.25, -0.2) is 14.2 Å². The van der Waals surface area contributed by atoms with Crippen molar-refractivity contribution in [1.29, 1.82) is 0 Å². The van der Waals surface area contributed by atoms with Crippen molar-refractivity contribution < 1.29 is 18.7 Å². The molecule has 1 aromatic carbocycles. The van der Waals surface area contributed by atoms with Gasteiger partial charge >= 0.3 is 5.97 Å². The van der Waals surface area contributed by atoms with E-state index in [0.717, 1.165) is 0 Å². The van der Waals surface area contributed by atoms with Crippen molar-refractivity contribution >= 4 is 28.8 Å². The number of nitrogens with zero attached hydrogens (tertiary/aromatic N) is 2. The van der Waals surface area contributed by atoms with Gasteiger partial charge in [0.1, 0.15) is 5.82 Å². The van der Waals surface area contributed by atoms with Crippen molar-refractivity contribution in [2.24, 2.45) is 4.99 Å². The van der Waals surface area contributed by atoms with Crippen molar-refractivity contribution in [3.63, 3.8) is 0 Å². The van der Waals surface area contributed by atoms with Crippen LogP contribution in [0.4, 0.5) is 4.39 Å². The van der Waals surface area contributed by atoms with E-state index in [2.05, 4.69) is 4.99 Å². The maximum atomic E-state index is 13.4. The van der Waals surface area contributed by atoms with Crippen LogP contribution in [0.1, 0.15) is 38.8 Å². The van der Waals surface area contributed by atoms with Gasteiger partial charge in [-0.3, -0.25) is 9.69 Å². The topological polar surface area (TPSA) is 59.0 Å². The van der Waals surface area contributed by atoms with Gasteiger partial charge in [0, 0.05) is 12.2 Å². The lowest BCUT2D eigenvalue weighted by Crippen LogP contribution is -2.46. The summed E-state index contributed by atoms with van der Waals surface area (Å²) in [5.41, 5.74) is 1.49. The third kappa shape index (κ3) is 3.46. The summed E-state index contributed by atoms with van der Waals surface area (Å²) in [6, 6.07) is 5.17. The lowest BCUT2D eigenvalue weighted by atomic mass is 9.94. The highest BCUT2D eigenvalue weighted by molar-refractivity contribution is 8.14. The van der Waals surface area contributed by atoms with Crippen molar-refractivity contribution in [1.82, 2.24) is 4.90 Å². The van der Waals surface area contributed by atoms with E-state index < -0.39 is 12.0 Å². The predicted octanol–water partition coefficient (Wildman–Crippen LogP) is 3.43. The van der Waals surface area contributed by atoms with Gasteiger partial charge in [-0.15, -0.1) is 0 Å².